The van der Waals surface area contributed by atoms with Gasteiger partial charge in [-0.1, -0.05) is 23.3 Å². The Bertz CT molecular complexity index is 875. The van der Waals surface area contributed by atoms with E-state index < -0.39 is 4.75 Å². The number of aryl methyl sites for hydroxylation is 1. The summed E-state index contributed by atoms with van der Waals surface area (Å²) < 4.78 is 4.57. The lowest BCUT2D eigenvalue weighted by Crippen LogP contribution is -2.42. The monoisotopic (exact) mass is 430 g/mol. The zero-order valence-electron chi connectivity index (χ0n) is 17.7. The molecule has 4 fully saturated rings. The summed E-state index contributed by atoms with van der Waals surface area (Å²) in [5.74, 6) is 2.68. The molecule has 2 saturated heterocycles. The van der Waals surface area contributed by atoms with Crippen LogP contribution in [0.2, 0.25) is 0 Å². The van der Waals surface area contributed by atoms with E-state index in [0.29, 0.717) is 36.5 Å². The first kappa shape index (κ1) is 20.1. The number of hydrogen-bond acceptors (Lipinski definition) is 6. The van der Waals surface area contributed by atoms with Gasteiger partial charge in [-0.25, -0.2) is 0 Å². The fourth-order valence-electron chi connectivity index (χ4n) is 5.75. The molecule has 162 valence electrons. The topological polar surface area (TPSA) is 87.8 Å². The van der Waals surface area contributed by atoms with Gasteiger partial charge >= 0.3 is 0 Å². The lowest BCUT2D eigenvalue weighted by atomic mass is 9.87. The van der Waals surface area contributed by atoms with Crippen LogP contribution in [0.5, 0.6) is 0 Å². The maximum atomic E-state index is 12.8. The van der Waals surface area contributed by atoms with Crippen molar-refractivity contribution in [1.82, 2.24) is 15.4 Å². The third-order valence-corrected chi connectivity index (χ3v) is 8.64. The number of hydrogen-bond donors (Lipinski definition) is 1. The van der Waals surface area contributed by atoms with Gasteiger partial charge in [-0.15, -0.1) is 0 Å². The highest BCUT2D eigenvalue weighted by atomic mass is 32.2. The summed E-state index contributed by atoms with van der Waals surface area (Å²) in [6.45, 7) is 5.23. The molecule has 2 unspecified atom stereocenters. The smallest absolute Gasteiger partial charge is 0.276 e. The number of aliphatic imine (C=N–C) groups is 1. The molecule has 2 saturated carbocycles. The van der Waals surface area contributed by atoms with Crippen LogP contribution in [0.15, 0.2) is 15.6 Å². The predicted molar refractivity (Wildman–Crippen MR) is 115 cm³/mol. The zero-order chi connectivity index (χ0) is 20.9. The summed E-state index contributed by atoms with van der Waals surface area (Å²) >= 11 is 1.62. The van der Waals surface area contributed by atoms with Crippen molar-refractivity contribution in [1.29, 1.82) is 0 Å². The maximum Gasteiger partial charge on any atom is 0.276 e. The van der Waals surface area contributed by atoms with Gasteiger partial charge < -0.3 is 14.7 Å². The first-order chi connectivity index (χ1) is 14.4. The molecule has 0 radical (unpaired) electrons. The Morgan fingerprint density at radius 2 is 2.13 bits per heavy atom. The number of fused-ring (bicyclic) bond motifs is 2. The standard InChI is InChI=1S/C22H30N4O3S/c1-13-9-18(25-29-13)19(27)26-7-5-14(6-8-26)12-22(2)20(28)24-21(30-22)23-17-11-15-3-4-16(17)10-15/h9,14-17H,3-8,10-12H2,1-2H3,(H,23,24,28)/t15-,16?,17+,22?/m1/s1. The van der Waals surface area contributed by atoms with Crippen LogP contribution in [0.4, 0.5) is 0 Å². The second kappa shape index (κ2) is 7.70. The first-order valence-corrected chi connectivity index (χ1v) is 12.0. The van der Waals surface area contributed by atoms with Gasteiger partial charge in [-0.05, 0) is 70.1 Å². The number of piperidine rings is 1. The van der Waals surface area contributed by atoms with Crippen LogP contribution in [0.3, 0.4) is 0 Å². The van der Waals surface area contributed by atoms with Gasteiger partial charge in [0.25, 0.3) is 5.91 Å². The van der Waals surface area contributed by atoms with Crippen molar-refractivity contribution in [2.45, 2.75) is 69.6 Å². The van der Waals surface area contributed by atoms with Gasteiger partial charge in [0, 0.05) is 19.2 Å². The molecule has 7 nitrogen and oxygen atoms in total. The maximum absolute atomic E-state index is 12.8. The number of carbonyl (C=O) groups is 2. The van der Waals surface area contributed by atoms with Crippen molar-refractivity contribution < 1.29 is 14.1 Å². The molecule has 1 aromatic heterocycles. The molecule has 8 heteroatoms. The second-order valence-electron chi connectivity index (χ2n) is 9.73. The summed E-state index contributed by atoms with van der Waals surface area (Å²) in [5.41, 5.74) is 0.380. The van der Waals surface area contributed by atoms with Crippen LogP contribution in [0.1, 0.15) is 68.1 Å². The average molecular weight is 431 g/mol. The highest BCUT2D eigenvalue weighted by Gasteiger charge is 2.46. The number of nitrogens with zero attached hydrogens (tertiary/aromatic N) is 3. The molecule has 4 atom stereocenters. The van der Waals surface area contributed by atoms with Gasteiger partial charge in [0.15, 0.2) is 10.9 Å². The van der Waals surface area contributed by atoms with E-state index in [9.17, 15) is 9.59 Å². The van der Waals surface area contributed by atoms with Crippen molar-refractivity contribution in [3.8, 4) is 0 Å². The van der Waals surface area contributed by atoms with Crippen LogP contribution in [0.25, 0.3) is 0 Å². The van der Waals surface area contributed by atoms with Crippen LogP contribution >= 0.6 is 11.8 Å². The summed E-state index contributed by atoms with van der Waals surface area (Å²) in [5, 5.41) is 7.73. The molecule has 1 aromatic rings. The normalized spacial score (nSPS) is 35.4. The molecule has 3 heterocycles. The number of nitrogens with one attached hydrogen (secondary N) is 1. The average Bonchev–Trinajstić information content (AvgIpc) is 3.48. The Morgan fingerprint density at radius 1 is 1.33 bits per heavy atom. The molecule has 2 aliphatic heterocycles. The quantitative estimate of drug-likeness (QED) is 0.791. The Morgan fingerprint density at radius 3 is 2.77 bits per heavy atom. The van der Waals surface area contributed by atoms with E-state index in [1.165, 1.54) is 25.7 Å². The number of rotatable bonds is 4. The third-order valence-electron chi connectivity index (χ3n) is 7.43. The number of likely N-dealkylation sites (tertiary alicyclic amines) is 1. The van der Waals surface area contributed by atoms with Crippen molar-refractivity contribution in [2.75, 3.05) is 13.1 Å². The van der Waals surface area contributed by atoms with Gasteiger partial charge in [-0.3, -0.25) is 14.6 Å². The molecule has 0 aromatic carbocycles. The fourth-order valence-corrected chi connectivity index (χ4v) is 6.97. The Kier molecular flexibility index (Phi) is 5.16. The number of thioether (sulfide) groups is 1. The fraction of sp³-hybridized carbons (Fsp3) is 0.727. The van der Waals surface area contributed by atoms with E-state index in [0.717, 1.165) is 36.3 Å². The highest BCUT2D eigenvalue weighted by molar-refractivity contribution is 8.16. The van der Waals surface area contributed by atoms with Crippen molar-refractivity contribution in [3.05, 3.63) is 17.5 Å². The lowest BCUT2D eigenvalue weighted by Gasteiger charge is -2.34. The minimum atomic E-state index is -0.462. The van der Waals surface area contributed by atoms with Gasteiger partial charge in [0.2, 0.25) is 5.91 Å². The van der Waals surface area contributed by atoms with E-state index in [2.05, 4.69) is 10.5 Å². The Hall–Kier alpha value is -1.83. The van der Waals surface area contributed by atoms with Crippen LogP contribution in [-0.2, 0) is 4.79 Å². The molecule has 2 aliphatic carbocycles. The SMILES string of the molecule is Cc1cc(C(=O)N2CCC(CC3(C)SC(=N[C@H]4C[C@@H]5CCC4C5)NC3=O)CC2)no1. The summed E-state index contributed by atoms with van der Waals surface area (Å²) in [4.78, 5) is 32.1. The highest BCUT2D eigenvalue weighted by Crippen LogP contribution is 2.47. The van der Waals surface area contributed by atoms with Gasteiger partial charge in [0.1, 0.15) is 5.76 Å². The predicted octanol–water partition coefficient (Wildman–Crippen LogP) is 3.39. The van der Waals surface area contributed by atoms with Crippen LogP contribution in [-0.4, -0.2) is 50.9 Å². The molecule has 1 N–H and O–H groups in total. The number of amides is 2. The van der Waals surface area contributed by atoms with Crippen molar-refractivity contribution in [3.63, 3.8) is 0 Å². The molecule has 30 heavy (non-hydrogen) atoms. The molecular weight excluding hydrogens is 400 g/mol. The zero-order valence-corrected chi connectivity index (χ0v) is 18.5. The molecule has 2 amide bonds. The van der Waals surface area contributed by atoms with E-state index in [1.54, 1.807) is 24.8 Å². The van der Waals surface area contributed by atoms with Crippen LogP contribution < -0.4 is 5.32 Å². The molecule has 2 bridgehead atoms. The molecular formula is C22H30N4O3S. The number of aromatic nitrogens is 1. The summed E-state index contributed by atoms with van der Waals surface area (Å²) in [6, 6.07) is 2.09. The van der Waals surface area contributed by atoms with E-state index in [4.69, 9.17) is 9.52 Å². The lowest BCUT2D eigenvalue weighted by molar-refractivity contribution is -0.121. The van der Waals surface area contributed by atoms with E-state index >= 15 is 0 Å². The summed E-state index contributed by atoms with van der Waals surface area (Å²) in [6.07, 6.45) is 7.81. The van der Waals surface area contributed by atoms with Crippen LogP contribution in [0, 0.1) is 24.7 Å². The first-order valence-electron chi connectivity index (χ1n) is 11.2. The summed E-state index contributed by atoms with van der Waals surface area (Å²) in [7, 11) is 0. The van der Waals surface area contributed by atoms with Crippen molar-refractivity contribution in [2.24, 2.45) is 22.7 Å². The Balaban J connectivity index is 1.16. The molecule has 4 aliphatic rings. The number of carbonyl (C=O) groups excluding carboxylic acids is 2. The molecule has 5 rings (SSSR count). The third kappa shape index (κ3) is 3.79. The van der Waals surface area contributed by atoms with E-state index in [1.807, 2.05) is 11.8 Å². The van der Waals surface area contributed by atoms with Gasteiger partial charge in [0.05, 0.1) is 10.8 Å². The number of amidine groups is 1. The second-order valence-corrected chi connectivity index (χ2v) is 11.2. The Labute approximate surface area is 181 Å². The van der Waals surface area contributed by atoms with Crippen molar-refractivity contribution >= 4 is 28.7 Å². The minimum Gasteiger partial charge on any atom is -0.361 e. The van der Waals surface area contributed by atoms with E-state index in [-0.39, 0.29) is 11.8 Å². The molecule has 0 spiro atoms. The van der Waals surface area contributed by atoms with Gasteiger partial charge in [-0.2, -0.15) is 0 Å². The minimum absolute atomic E-state index is 0.0650. The largest absolute Gasteiger partial charge is 0.361 e.